The summed E-state index contributed by atoms with van der Waals surface area (Å²) in [6.07, 6.45) is 1.87. The molecule has 2 aromatic carbocycles. The van der Waals surface area contributed by atoms with Gasteiger partial charge in [-0.1, -0.05) is 24.3 Å². The van der Waals surface area contributed by atoms with E-state index in [4.69, 9.17) is 9.47 Å². The molecule has 9 nitrogen and oxygen atoms in total. The van der Waals surface area contributed by atoms with Gasteiger partial charge in [0.2, 0.25) is 5.91 Å². The maximum Gasteiger partial charge on any atom is 0.328 e. The number of ether oxygens (including phenoxy) is 2. The number of carbonyl (C=O) groups excluding carboxylic acids is 1. The molecule has 0 saturated heterocycles. The Hall–Kier alpha value is -3.85. The van der Waals surface area contributed by atoms with Crippen molar-refractivity contribution in [2.24, 2.45) is 0 Å². The fourth-order valence-electron chi connectivity index (χ4n) is 4.12. The van der Waals surface area contributed by atoms with Crippen LogP contribution in [0.15, 0.2) is 70.4 Å². The molecule has 0 fully saturated rings. The second-order valence-electron chi connectivity index (χ2n) is 8.75. The molecule has 35 heavy (non-hydrogen) atoms. The number of aliphatic hydroxyl groups is 1. The zero-order chi connectivity index (χ0) is 25.6. The van der Waals surface area contributed by atoms with Crippen molar-refractivity contribution in [3.05, 3.63) is 92.8 Å². The standard InChI is InChI=1S/C26H31N3O6/c1-25(2,28-23(31)12-7-14-29-15-13-22(30)27-24(29)32)26(33,18-8-5-10-20(16-18)34-3)19-9-6-11-21(17-19)35-4/h5-6,8-11,13,15-17,33H,7,12,14H2,1-4H3,(H,28,31)(H,27,30,32). The minimum absolute atomic E-state index is 0.112. The Balaban J connectivity index is 1.87. The van der Waals surface area contributed by atoms with Crippen molar-refractivity contribution in [3.8, 4) is 11.5 Å². The number of amides is 1. The number of nitrogens with one attached hydrogen (secondary N) is 2. The first kappa shape index (κ1) is 25.8. The van der Waals surface area contributed by atoms with E-state index in [1.54, 1.807) is 76.6 Å². The fourth-order valence-corrected chi connectivity index (χ4v) is 4.12. The van der Waals surface area contributed by atoms with Gasteiger partial charge in [0.1, 0.15) is 17.1 Å². The maximum absolute atomic E-state index is 12.9. The highest BCUT2D eigenvalue weighted by molar-refractivity contribution is 5.77. The number of aromatic nitrogens is 2. The highest BCUT2D eigenvalue weighted by Gasteiger charge is 2.47. The predicted octanol–water partition coefficient (Wildman–Crippen LogP) is 2.16. The molecule has 0 aliphatic carbocycles. The summed E-state index contributed by atoms with van der Waals surface area (Å²) in [7, 11) is 3.09. The van der Waals surface area contributed by atoms with Gasteiger partial charge in [0.05, 0.1) is 19.8 Å². The lowest BCUT2D eigenvalue weighted by Crippen LogP contribution is -2.59. The number of nitrogens with zero attached hydrogens (tertiary/aromatic N) is 1. The summed E-state index contributed by atoms with van der Waals surface area (Å²) in [4.78, 5) is 38.2. The lowest BCUT2D eigenvalue weighted by molar-refractivity contribution is -0.126. The van der Waals surface area contributed by atoms with Crippen molar-refractivity contribution in [1.29, 1.82) is 0 Å². The molecular formula is C26H31N3O6. The zero-order valence-corrected chi connectivity index (χ0v) is 20.3. The number of carbonyl (C=O) groups is 1. The molecule has 0 unspecified atom stereocenters. The Morgan fingerprint density at radius 3 is 2.09 bits per heavy atom. The smallest absolute Gasteiger partial charge is 0.328 e. The molecular weight excluding hydrogens is 450 g/mol. The number of aryl methyl sites for hydroxylation is 1. The van der Waals surface area contributed by atoms with Gasteiger partial charge in [-0.3, -0.25) is 14.6 Å². The molecule has 0 aliphatic heterocycles. The molecule has 1 aromatic heterocycles. The number of H-pyrrole nitrogens is 1. The summed E-state index contributed by atoms with van der Waals surface area (Å²) < 4.78 is 12.1. The van der Waals surface area contributed by atoms with Crippen molar-refractivity contribution in [3.63, 3.8) is 0 Å². The maximum atomic E-state index is 12.9. The van der Waals surface area contributed by atoms with Gasteiger partial charge in [0.25, 0.3) is 5.56 Å². The average Bonchev–Trinajstić information content (AvgIpc) is 2.84. The van der Waals surface area contributed by atoms with Gasteiger partial charge in [-0.25, -0.2) is 4.79 Å². The van der Waals surface area contributed by atoms with Gasteiger partial charge < -0.3 is 24.5 Å². The van der Waals surface area contributed by atoms with Crippen LogP contribution in [-0.2, 0) is 16.9 Å². The van der Waals surface area contributed by atoms with E-state index in [9.17, 15) is 19.5 Å². The van der Waals surface area contributed by atoms with Crippen LogP contribution in [0.3, 0.4) is 0 Å². The number of hydrogen-bond acceptors (Lipinski definition) is 6. The van der Waals surface area contributed by atoms with Crippen LogP contribution in [0.4, 0.5) is 0 Å². The molecule has 0 aliphatic rings. The first-order valence-electron chi connectivity index (χ1n) is 11.2. The van der Waals surface area contributed by atoms with Crippen molar-refractivity contribution in [2.75, 3.05) is 14.2 Å². The zero-order valence-electron chi connectivity index (χ0n) is 20.3. The van der Waals surface area contributed by atoms with Crippen LogP contribution in [0.25, 0.3) is 0 Å². The van der Waals surface area contributed by atoms with Gasteiger partial charge in [-0.05, 0) is 55.7 Å². The normalized spacial score (nSPS) is 11.7. The lowest BCUT2D eigenvalue weighted by Gasteiger charge is -2.44. The Morgan fingerprint density at radius 1 is 1.00 bits per heavy atom. The van der Waals surface area contributed by atoms with Crippen LogP contribution >= 0.6 is 0 Å². The summed E-state index contributed by atoms with van der Waals surface area (Å²) in [5.74, 6) is 0.839. The molecule has 3 rings (SSSR count). The van der Waals surface area contributed by atoms with Crippen molar-refractivity contribution in [1.82, 2.24) is 14.9 Å². The first-order chi connectivity index (χ1) is 16.6. The Kier molecular flexibility index (Phi) is 7.81. The summed E-state index contributed by atoms with van der Waals surface area (Å²) in [5.41, 5.74) is -2.71. The number of benzene rings is 2. The van der Waals surface area contributed by atoms with Crippen LogP contribution in [-0.4, -0.2) is 40.3 Å². The lowest BCUT2D eigenvalue weighted by atomic mass is 9.72. The van der Waals surface area contributed by atoms with Crippen molar-refractivity contribution >= 4 is 5.91 Å². The minimum atomic E-state index is -1.64. The van der Waals surface area contributed by atoms with Crippen molar-refractivity contribution < 1.29 is 19.4 Å². The largest absolute Gasteiger partial charge is 0.497 e. The third-order valence-electron chi connectivity index (χ3n) is 6.03. The molecule has 3 aromatic rings. The van der Waals surface area contributed by atoms with Crippen LogP contribution in [0.1, 0.15) is 37.8 Å². The Bertz CT molecular complexity index is 1250. The van der Waals surface area contributed by atoms with E-state index >= 15 is 0 Å². The molecule has 1 heterocycles. The van der Waals surface area contributed by atoms with Gasteiger partial charge in [-0.15, -0.1) is 0 Å². The van der Waals surface area contributed by atoms with E-state index in [1.807, 2.05) is 0 Å². The second-order valence-corrected chi connectivity index (χ2v) is 8.75. The van der Waals surface area contributed by atoms with E-state index in [2.05, 4.69) is 10.3 Å². The van der Waals surface area contributed by atoms with E-state index in [-0.39, 0.29) is 18.9 Å². The number of hydrogen-bond donors (Lipinski definition) is 3. The third-order valence-corrected chi connectivity index (χ3v) is 6.03. The summed E-state index contributed by atoms with van der Waals surface area (Å²) >= 11 is 0. The van der Waals surface area contributed by atoms with E-state index in [1.165, 1.54) is 16.8 Å². The SMILES string of the molecule is COc1cccc(C(O)(c2cccc(OC)c2)C(C)(C)NC(=O)CCCn2ccc(=O)[nH]c2=O)c1. The molecule has 186 valence electrons. The molecule has 0 bridgehead atoms. The van der Waals surface area contributed by atoms with E-state index < -0.39 is 22.4 Å². The van der Waals surface area contributed by atoms with Gasteiger partial charge >= 0.3 is 5.69 Å². The summed E-state index contributed by atoms with van der Waals surface area (Å²) in [5, 5.41) is 15.2. The van der Waals surface area contributed by atoms with Crippen molar-refractivity contribution in [2.45, 2.75) is 44.4 Å². The van der Waals surface area contributed by atoms with E-state index in [0.717, 1.165) is 0 Å². The first-order valence-corrected chi connectivity index (χ1v) is 11.2. The van der Waals surface area contributed by atoms with E-state index in [0.29, 0.717) is 29.0 Å². The van der Waals surface area contributed by atoms with Crippen LogP contribution in [0, 0.1) is 0 Å². The van der Waals surface area contributed by atoms with Crippen LogP contribution in [0.5, 0.6) is 11.5 Å². The van der Waals surface area contributed by atoms with Gasteiger partial charge in [0.15, 0.2) is 0 Å². The molecule has 0 spiro atoms. The molecule has 0 atom stereocenters. The molecule has 1 amide bonds. The van der Waals surface area contributed by atoms with Crippen LogP contribution in [0.2, 0.25) is 0 Å². The second kappa shape index (κ2) is 10.6. The number of aromatic amines is 1. The Labute approximate surface area is 203 Å². The monoisotopic (exact) mass is 481 g/mol. The summed E-state index contributed by atoms with van der Waals surface area (Å²) in [6, 6.07) is 15.4. The predicted molar refractivity (Wildman–Crippen MR) is 132 cm³/mol. The van der Waals surface area contributed by atoms with Crippen LogP contribution < -0.4 is 26.0 Å². The highest BCUT2D eigenvalue weighted by atomic mass is 16.5. The molecule has 9 heteroatoms. The number of methoxy groups -OCH3 is 2. The topological polar surface area (TPSA) is 123 Å². The number of rotatable bonds is 10. The molecule has 0 saturated carbocycles. The third kappa shape index (κ3) is 5.63. The fraction of sp³-hybridized carbons (Fsp3) is 0.346. The minimum Gasteiger partial charge on any atom is -0.497 e. The molecule has 3 N–H and O–H groups in total. The highest BCUT2D eigenvalue weighted by Crippen LogP contribution is 2.41. The van der Waals surface area contributed by atoms with Gasteiger partial charge in [0, 0.05) is 25.2 Å². The average molecular weight is 482 g/mol. The quantitative estimate of drug-likeness (QED) is 0.408. The molecule has 0 radical (unpaired) electrons. The summed E-state index contributed by atoms with van der Waals surface area (Å²) in [6.45, 7) is 3.76. The van der Waals surface area contributed by atoms with Gasteiger partial charge in [-0.2, -0.15) is 0 Å². The Morgan fingerprint density at radius 2 is 1.57 bits per heavy atom.